The molecule has 0 aliphatic carbocycles. The minimum atomic E-state index is 0.986. The Balaban J connectivity index is 3.11. The van der Waals surface area contributed by atoms with Gasteiger partial charge in [-0.2, -0.15) is 5.26 Å². The zero-order valence-corrected chi connectivity index (χ0v) is 9.91. The molecule has 0 saturated heterocycles. The number of unbranched alkanes of at least 4 members (excludes halogenated alkanes) is 6. The van der Waals surface area contributed by atoms with Gasteiger partial charge in [-0.1, -0.05) is 50.8 Å². The van der Waals surface area contributed by atoms with E-state index in [1.807, 2.05) is 12.1 Å². The van der Waals surface area contributed by atoms with Gasteiger partial charge in [0, 0.05) is 6.08 Å². The maximum atomic E-state index is 8.25. The first kappa shape index (κ1) is 14.0. The Labute approximate surface area is 94.5 Å². The van der Waals surface area contributed by atoms with E-state index in [0.29, 0.717) is 0 Å². The average molecular weight is 205 g/mol. The third-order valence-corrected chi connectivity index (χ3v) is 2.33. The van der Waals surface area contributed by atoms with Crippen molar-refractivity contribution in [3.63, 3.8) is 0 Å². The van der Waals surface area contributed by atoms with E-state index >= 15 is 0 Å². The Hall–Kier alpha value is -1.03. The quantitative estimate of drug-likeness (QED) is 0.302. The number of nitriles is 1. The molecule has 0 aromatic heterocycles. The number of nitrogens with zero attached hydrogens (tertiary/aromatic N) is 1. The molecule has 0 aliphatic rings. The molecule has 15 heavy (non-hydrogen) atoms. The summed E-state index contributed by atoms with van der Waals surface area (Å²) in [6.45, 7) is 2.24. The summed E-state index contributed by atoms with van der Waals surface area (Å²) in [6, 6.07) is 1.99. The molecular formula is C14H23N. The van der Waals surface area contributed by atoms with Crippen molar-refractivity contribution in [1.82, 2.24) is 0 Å². The fourth-order valence-electron chi connectivity index (χ4n) is 1.43. The van der Waals surface area contributed by atoms with Crippen LogP contribution in [0.3, 0.4) is 0 Å². The molecule has 0 atom stereocenters. The molecule has 1 heteroatoms. The summed E-state index contributed by atoms with van der Waals surface area (Å²) in [5.74, 6) is 0. The average Bonchev–Trinajstić information content (AvgIpc) is 2.26. The van der Waals surface area contributed by atoms with Gasteiger partial charge in [0.1, 0.15) is 0 Å². The first-order valence-corrected chi connectivity index (χ1v) is 6.11. The van der Waals surface area contributed by atoms with E-state index in [1.165, 1.54) is 38.5 Å². The summed E-state index contributed by atoms with van der Waals surface area (Å²) < 4.78 is 0. The van der Waals surface area contributed by atoms with E-state index in [-0.39, 0.29) is 0 Å². The summed E-state index contributed by atoms with van der Waals surface area (Å²) in [5, 5.41) is 8.25. The van der Waals surface area contributed by atoms with Crippen LogP contribution in [0.2, 0.25) is 0 Å². The van der Waals surface area contributed by atoms with Gasteiger partial charge < -0.3 is 0 Å². The molecule has 1 nitrogen and oxygen atoms in total. The molecule has 0 aromatic rings. The normalized spacial score (nSPS) is 11.2. The van der Waals surface area contributed by atoms with Gasteiger partial charge in [0.05, 0.1) is 6.07 Å². The van der Waals surface area contributed by atoms with Crippen LogP contribution in [0.1, 0.15) is 58.3 Å². The number of hydrogen-bond donors (Lipinski definition) is 0. The van der Waals surface area contributed by atoms with Gasteiger partial charge in [0.2, 0.25) is 0 Å². The van der Waals surface area contributed by atoms with Crippen LogP contribution >= 0.6 is 0 Å². The summed E-state index contributed by atoms with van der Waals surface area (Å²) >= 11 is 0. The van der Waals surface area contributed by atoms with Crippen molar-refractivity contribution in [3.05, 3.63) is 24.3 Å². The maximum Gasteiger partial charge on any atom is 0.0908 e. The van der Waals surface area contributed by atoms with Gasteiger partial charge in [-0.05, 0) is 25.7 Å². The molecule has 0 radical (unpaired) electrons. The molecule has 0 rings (SSSR count). The van der Waals surface area contributed by atoms with Gasteiger partial charge in [0.25, 0.3) is 0 Å². The molecule has 0 aromatic carbocycles. The highest BCUT2D eigenvalue weighted by Gasteiger charge is 1.86. The monoisotopic (exact) mass is 205 g/mol. The first-order valence-electron chi connectivity index (χ1n) is 6.11. The fourth-order valence-corrected chi connectivity index (χ4v) is 1.43. The van der Waals surface area contributed by atoms with Crippen molar-refractivity contribution >= 4 is 0 Å². The van der Waals surface area contributed by atoms with E-state index in [9.17, 15) is 0 Å². The summed E-state index contributed by atoms with van der Waals surface area (Å²) in [7, 11) is 0. The lowest BCUT2D eigenvalue weighted by Gasteiger charge is -1.95. The van der Waals surface area contributed by atoms with Gasteiger partial charge in [0.15, 0.2) is 0 Å². The van der Waals surface area contributed by atoms with Crippen LogP contribution in [-0.4, -0.2) is 0 Å². The van der Waals surface area contributed by atoms with Crippen molar-refractivity contribution in [1.29, 1.82) is 5.26 Å². The molecule has 0 heterocycles. The highest BCUT2D eigenvalue weighted by atomic mass is 14.2. The molecule has 0 bridgehead atoms. The lowest BCUT2D eigenvalue weighted by atomic mass is 10.1. The number of hydrogen-bond acceptors (Lipinski definition) is 1. The van der Waals surface area contributed by atoms with Crippen molar-refractivity contribution in [2.45, 2.75) is 58.3 Å². The Kier molecular flexibility index (Phi) is 12.1. The molecular weight excluding hydrogens is 182 g/mol. The SMILES string of the molecule is CCCCCCCC=CCCC=CC#N. The van der Waals surface area contributed by atoms with E-state index in [4.69, 9.17) is 5.26 Å². The summed E-state index contributed by atoms with van der Waals surface area (Å²) in [6.07, 6.45) is 18.0. The van der Waals surface area contributed by atoms with Crippen LogP contribution in [0.25, 0.3) is 0 Å². The fraction of sp³-hybridized carbons (Fsp3) is 0.643. The highest BCUT2D eigenvalue weighted by molar-refractivity contribution is 5.02. The molecule has 0 aliphatic heterocycles. The van der Waals surface area contributed by atoms with Crippen LogP contribution in [0.5, 0.6) is 0 Å². The minimum absolute atomic E-state index is 0.986. The van der Waals surface area contributed by atoms with Crippen molar-refractivity contribution < 1.29 is 0 Å². The standard InChI is InChI=1S/C14H23N/c1-2-3-4-5-6-7-8-9-10-11-12-13-14-15/h8-9,12-13H,2-7,10-11H2,1H3. The third-order valence-electron chi connectivity index (χ3n) is 2.33. The molecule has 0 fully saturated rings. The zero-order chi connectivity index (χ0) is 11.2. The summed E-state index contributed by atoms with van der Waals surface area (Å²) in [4.78, 5) is 0. The van der Waals surface area contributed by atoms with Crippen LogP contribution in [-0.2, 0) is 0 Å². The van der Waals surface area contributed by atoms with E-state index < -0.39 is 0 Å². The smallest absolute Gasteiger partial charge is 0.0908 e. The Morgan fingerprint density at radius 2 is 1.53 bits per heavy atom. The van der Waals surface area contributed by atoms with Crippen molar-refractivity contribution in [2.24, 2.45) is 0 Å². The summed E-state index contributed by atoms with van der Waals surface area (Å²) in [5.41, 5.74) is 0. The predicted octanol–water partition coefficient (Wildman–Crippen LogP) is 4.76. The lowest BCUT2D eigenvalue weighted by molar-refractivity contribution is 0.637. The second-order valence-electron chi connectivity index (χ2n) is 3.78. The topological polar surface area (TPSA) is 23.8 Å². The van der Waals surface area contributed by atoms with Gasteiger partial charge in [-0.3, -0.25) is 0 Å². The minimum Gasteiger partial charge on any atom is -0.193 e. The van der Waals surface area contributed by atoms with Crippen LogP contribution in [0, 0.1) is 11.3 Å². The van der Waals surface area contributed by atoms with Gasteiger partial charge in [-0.25, -0.2) is 0 Å². The Morgan fingerprint density at radius 3 is 2.27 bits per heavy atom. The number of allylic oxidation sites excluding steroid dienone is 4. The van der Waals surface area contributed by atoms with Crippen molar-refractivity contribution in [2.75, 3.05) is 0 Å². The maximum absolute atomic E-state index is 8.25. The third kappa shape index (κ3) is 13.0. The number of rotatable bonds is 9. The van der Waals surface area contributed by atoms with Gasteiger partial charge in [-0.15, -0.1) is 0 Å². The molecule has 0 amide bonds. The van der Waals surface area contributed by atoms with Crippen molar-refractivity contribution in [3.8, 4) is 6.07 Å². The van der Waals surface area contributed by atoms with Crippen LogP contribution in [0.15, 0.2) is 24.3 Å². The molecule has 0 unspecified atom stereocenters. The van der Waals surface area contributed by atoms with Crippen LogP contribution in [0.4, 0.5) is 0 Å². The van der Waals surface area contributed by atoms with E-state index in [0.717, 1.165) is 12.8 Å². The highest BCUT2D eigenvalue weighted by Crippen LogP contribution is 2.05. The molecule has 0 N–H and O–H groups in total. The van der Waals surface area contributed by atoms with Crippen LogP contribution < -0.4 is 0 Å². The lowest BCUT2D eigenvalue weighted by Crippen LogP contribution is -1.75. The largest absolute Gasteiger partial charge is 0.193 e. The zero-order valence-electron chi connectivity index (χ0n) is 9.91. The first-order chi connectivity index (χ1) is 7.41. The second-order valence-corrected chi connectivity index (χ2v) is 3.78. The Bertz CT molecular complexity index is 208. The van der Waals surface area contributed by atoms with E-state index in [1.54, 1.807) is 6.08 Å². The van der Waals surface area contributed by atoms with E-state index in [2.05, 4.69) is 19.1 Å². The Morgan fingerprint density at radius 1 is 0.867 bits per heavy atom. The predicted molar refractivity (Wildman–Crippen MR) is 66.5 cm³/mol. The second kappa shape index (κ2) is 13.0. The van der Waals surface area contributed by atoms with Gasteiger partial charge >= 0.3 is 0 Å². The molecule has 0 saturated carbocycles. The molecule has 0 spiro atoms. The molecule has 84 valence electrons.